The molecule has 0 saturated carbocycles. The first-order valence-corrected chi connectivity index (χ1v) is 5.29. The van der Waals surface area contributed by atoms with Crippen LogP contribution < -0.4 is 16.2 Å². The van der Waals surface area contributed by atoms with E-state index in [0.29, 0.717) is 0 Å². The summed E-state index contributed by atoms with van der Waals surface area (Å²) in [7, 11) is 0. The van der Waals surface area contributed by atoms with Gasteiger partial charge in [0, 0.05) is 5.69 Å². The molecule has 0 bridgehead atoms. The minimum atomic E-state index is -4.69. The van der Waals surface area contributed by atoms with Crippen molar-refractivity contribution in [1.82, 2.24) is 0 Å². The Hall–Kier alpha value is -2.37. The maximum absolute atomic E-state index is 11.6. The summed E-state index contributed by atoms with van der Waals surface area (Å²) in [5, 5.41) is 0. The Bertz CT molecular complexity index is 501. The minimum absolute atomic E-state index is 0.0326. The van der Waals surface area contributed by atoms with Crippen LogP contribution in [0.4, 0.5) is 24.5 Å². The Morgan fingerprint density at radius 1 is 0.789 bits per heavy atom. The molecule has 0 aliphatic rings. The third-order valence-electron chi connectivity index (χ3n) is 1.94. The molecule has 0 amide bonds. The molecule has 3 nitrogen and oxygen atoms in total. The topological polar surface area (TPSA) is 61.3 Å². The zero-order valence-electron chi connectivity index (χ0n) is 9.89. The molecule has 6 heteroatoms. The maximum Gasteiger partial charge on any atom is 0.573 e. The molecule has 0 aliphatic carbocycles. The number of alkyl halides is 3. The van der Waals surface area contributed by atoms with Gasteiger partial charge in [0.1, 0.15) is 0 Å². The molecule has 0 saturated heterocycles. The predicted molar refractivity (Wildman–Crippen MR) is 68.4 cm³/mol. The first-order valence-electron chi connectivity index (χ1n) is 5.29. The van der Waals surface area contributed by atoms with Crippen molar-refractivity contribution in [2.45, 2.75) is 6.36 Å². The number of rotatable bonds is 1. The SMILES string of the molecule is Nc1ccccc1.Nc1ccccc1OC(F)(F)F. The summed E-state index contributed by atoms with van der Waals surface area (Å²) in [6.45, 7) is 0. The number of hydrogen-bond donors (Lipinski definition) is 2. The van der Waals surface area contributed by atoms with Gasteiger partial charge in [0.15, 0.2) is 5.75 Å². The summed E-state index contributed by atoms with van der Waals surface area (Å²) in [5.41, 5.74) is 11.3. The Kier molecular flexibility index (Phi) is 5.05. The molecule has 102 valence electrons. The van der Waals surface area contributed by atoms with Crippen molar-refractivity contribution in [1.29, 1.82) is 0 Å². The fourth-order valence-electron chi connectivity index (χ4n) is 1.15. The van der Waals surface area contributed by atoms with Gasteiger partial charge in [-0.2, -0.15) is 0 Å². The van der Waals surface area contributed by atoms with Crippen LogP contribution in [0.15, 0.2) is 54.6 Å². The molecule has 0 aromatic heterocycles. The molecule has 2 rings (SSSR count). The number of hydrogen-bond acceptors (Lipinski definition) is 3. The van der Waals surface area contributed by atoms with Crippen molar-refractivity contribution in [2.24, 2.45) is 0 Å². The van der Waals surface area contributed by atoms with Gasteiger partial charge in [-0.05, 0) is 24.3 Å². The fourth-order valence-corrected chi connectivity index (χ4v) is 1.15. The molecule has 0 fully saturated rings. The highest BCUT2D eigenvalue weighted by Gasteiger charge is 2.31. The van der Waals surface area contributed by atoms with Gasteiger partial charge in [-0.3, -0.25) is 0 Å². The van der Waals surface area contributed by atoms with Gasteiger partial charge in [-0.1, -0.05) is 30.3 Å². The highest BCUT2D eigenvalue weighted by Crippen LogP contribution is 2.27. The van der Waals surface area contributed by atoms with Crippen LogP contribution >= 0.6 is 0 Å². The Morgan fingerprint density at radius 2 is 1.32 bits per heavy atom. The summed E-state index contributed by atoms with van der Waals surface area (Å²) in [6, 6.07) is 14.9. The zero-order valence-corrected chi connectivity index (χ0v) is 9.89. The van der Waals surface area contributed by atoms with Crippen LogP contribution in [0.25, 0.3) is 0 Å². The predicted octanol–water partition coefficient (Wildman–Crippen LogP) is 3.44. The first-order chi connectivity index (χ1) is 8.88. The monoisotopic (exact) mass is 270 g/mol. The van der Waals surface area contributed by atoms with Crippen molar-refractivity contribution in [3.05, 3.63) is 54.6 Å². The third kappa shape index (κ3) is 6.21. The van der Waals surface area contributed by atoms with Crippen LogP contribution in [0.2, 0.25) is 0 Å². The Labute approximate surface area is 108 Å². The molecule has 0 atom stereocenters. The number of para-hydroxylation sites is 3. The molecule has 0 unspecified atom stereocenters. The van der Waals surface area contributed by atoms with Gasteiger partial charge in [-0.15, -0.1) is 13.2 Å². The smallest absolute Gasteiger partial charge is 0.404 e. The summed E-state index contributed by atoms with van der Waals surface area (Å²) in [5.74, 6) is -0.370. The van der Waals surface area contributed by atoms with Crippen molar-refractivity contribution in [3.8, 4) is 5.75 Å². The van der Waals surface area contributed by atoms with Gasteiger partial charge in [0.25, 0.3) is 0 Å². The summed E-state index contributed by atoms with van der Waals surface area (Å²) >= 11 is 0. The molecule has 0 heterocycles. The third-order valence-corrected chi connectivity index (χ3v) is 1.94. The molecule has 0 radical (unpaired) electrons. The molecule has 4 N–H and O–H groups in total. The van der Waals surface area contributed by atoms with E-state index in [0.717, 1.165) is 11.8 Å². The molecule has 0 spiro atoms. The lowest BCUT2D eigenvalue weighted by atomic mass is 10.3. The van der Waals surface area contributed by atoms with Crippen LogP contribution in [-0.4, -0.2) is 6.36 Å². The molecular formula is C13H13F3N2O. The largest absolute Gasteiger partial charge is 0.573 e. The van der Waals surface area contributed by atoms with Crippen LogP contribution in [0, 0.1) is 0 Å². The fraction of sp³-hybridized carbons (Fsp3) is 0.0769. The van der Waals surface area contributed by atoms with E-state index in [1.54, 1.807) is 0 Å². The van der Waals surface area contributed by atoms with E-state index < -0.39 is 6.36 Å². The van der Waals surface area contributed by atoms with Crippen LogP contribution in [0.3, 0.4) is 0 Å². The second-order valence-electron chi connectivity index (χ2n) is 3.50. The van der Waals surface area contributed by atoms with Gasteiger partial charge in [-0.25, -0.2) is 0 Å². The van der Waals surface area contributed by atoms with Crippen molar-refractivity contribution < 1.29 is 17.9 Å². The number of halogens is 3. The summed E-state index contributed by atoms with van der Waals surface area (Å²) in [6.07, 6.45) is -4.69. The standard InChI is InChI=1S/C7H6F3NO.C6H7N/c8-7(9,10)12-6-4-2-1-3-5(6)11;7-6-4-2-1-3-5-6/h1-4H,11H2;1-5H,7H2. The van der Waals surface area contributed by atoms with E-state index >= 15 is 0 Å². The molecule has 0 aliphatic heterocycles. The minimum Gasteiger partial charge on any atom is -0.404 e. The van der Waals surface area contributed by atoms with E-state index in [1.165, 1.54) is 18.2 Å². The van der Waals surface area contributed by atoms with Crippen LogP contribution in [0.1, 0.15) is 0 Å². The average Bonchev–Trinajstić information content (AvgIpc) is 2.32. The van der Waals surface area contributed by atoms with E-state index in [1.807, 2.05) is 30.3 Å². The lowest BCUT2D eigenvalue weighted by Crippen LogP contribution is -2.17. The molecule has 19 heavy (non-hydrogen) atoms. The molecule has 2 aromatic carbocycles. The van der Waals surface area contributed by atoms with Gasteiger partial charge < -0.3 is 16.2 Å². The number of benzene rings is 2. The van der Waals surface area contributed by atoms with Gasteiger partial charge >= 0.3 is 6.36 Å². The normalized spacial score (nSPS) is 10.3. The molecule has 2 aromatic rings. The second-order valence-corrected chi connectivity index (χ2v) is 3.50. The highest BCUT2D eigenvalue weighted by atomic mass is 19.4. The van der Waals surface area contributed by atoms with E-state index in [2.05, 4.69) is 4.74 Å². The Balaban J connectivity index is 0.000000218. The highest BCUT2D eigenvalue weighted by molar-refractivity contribution is 5.51. The average molecular weight is 270 g/mol. The van der Waals surface area contributed by atoms with Crippen molar-refractivity contribution >= 4 is 11.4 Å². The lowest BCUT2D eigenvalue weighted by molar-refractivity contribution is -0.274. The van der Waals surface area contributed by atoms with Crippen molar-refractivity contribution in [3.63, 3.8) is 0 Å². The molecular weight excluding hydrogens is 257 g/mol. The van der Waals surface area contributed by atoms with E-state index in [9.17, 15) is 13.2 Å². The van der Waals surface area contributed by atoms with E-state index in [4.69, 9.17) is 11.5 Å². The summed E-state index contributed by atoms with van der Waals surface area (Å²) in [4.78, 5) is 0. The summed E-state index contributed by atoms with van der Waals surface area (Å²) < 4.78 is 38.5. The number of ether oxygens (including phenoxy) is 1. The zero-order chi connectivity index (χ0) is 14.3. The van der Waals surface area contributed by atoms with Gasteiger partial charge in [0.05, 0.1) is 5.69 Å². The first kappa shape index (κ1) is 14.7. The Morgan fingerprint density at radius 3 is 1.74 bits per heavy atom. The number of anilines is 2. The van der Waals surface area contributed by atoms with Crippen LogP contribution in [-0.2, 0) is 0 Å². The number of nitrogens with two attached hydrogens (primary N) is 2. The quantitative estimate of drug-likeness (QED) is 0.780. The second kappa shape index (κ2) is 6.53. The van der Waals surface area contributed by atoms with Crippen LogP contribution in [0.5, 0.6) is 5.75 Å². The van der Waals surface area contributed by atoms with Gasteiger partial charge in [0.2, 0.25) is 0 Å². The lowest BCUT2D eigenvalue weighted by Gasteiger charge is -2.09. The number of nitrogen functional groups attached to an aromatic ring is 2. The van der Waals surface area contributed by atoms with E-state index in [-0.39, 0.29) is 11.4 Å². The maximum atomic E-state index is 11.6. The van der Waals surface area contributed by atoms with Crippen molar-refractivity contribution in [2.75, 3.05) is 11.5 Å².